The number of aromatic nitrogens is 5. The van der Waals surface area contributed by atoms with E-state index in [1.165, 1.54) is 31.3 Å². The number of thioether (sulfide) groups is 1. The molecule has 1 fully saturated rings. The van der Waals surface area contributed by atoms with Gasteiger partial charge in [0.1, 0.15) is 11.3 Å². The van der Waals surface area contributed by atoms with Crippen LogP contribution in [-0.2, 0) is 0 Å². The number of hydrogen-bond donors (Lipinski definition) is 2. The standard InChI is InChI=1S/C33H36N6S/c1-3-8-23(20-34-19-22-9-5-6-10-22)17-24(4-2)25-18-27-26(12-14-36-32(27)37-21-25)33-38-28-13-15-35-31(30(28)39-33)29-11-7-16-40-29/h3-4,7-8,12-18,21-22,29,34H,5-6,9-11,19-20H2,1-2H3,(H,38,39)/b8-3+,23-17+,24-4+. The second-order valence-corrected chi connectivity index (χ2v) is 11.7. The van der Waals surface area contributed by atoms with Crippen LogP contribution >= 0.6 is 11.8 Å². The largest absolute Gasteiger partial charge is 0.338 e. The van der Waals surface area contributed by atoms with Crippen LogP contribution in [0, 0.1) is 5.92 Å². The maximum atomic E-state index is 5.05. The second-order valence-electron chi connectivity index (χ2n) is 10.6. The SMILES string of the molecule is C/C=C/C(=C\C(=C/C)c1cnc2nccc(-c3nc4c(C5CC=CS5)nccc4[nH]3)c2c1)CNCC1CCCC1. The Morgan fingerprint density at radius 2 is 2.00 bits per heavy atom. The van der Waals surface area contributed by atoms with Crippen molar-refractivity contribution in [3.8, 4) is 11.4 Å². The summed E-state index contributed by atoms with van der Waals surface area (Å²) < 4.78 is 0. The van der Waals surface area contributed by atoms with Crippen LogP contribution < -0.4 is 5.32 Å². The van der Waals surface area contributed by atoms with Gasteiger partial charge in [0, 0.05) is 41.6 Å². The highest BCUT2D eigenvalue weighted by Crippen LogP contribution is 2.40. The number of rotatable bonds is 9. The van der Waals surface area contributed by atoms with Gasteiger partial charge < -0.3 is 10.3 Å². The first kappa shape index (κ1) is 26.7. The van der Waals surface area contributed by atoms with Gasteiger partial charge in [0.05, 0.1) is 16.5 Å². The lowest BCUT2D eigenvalue weighted by atomic mass is 10.0. The average molecular weight is 549 g/mol. The van der Waals surface area contributed by atoms with Crippen molar-refractivity contribution >= 4 is 39.4 Å². The highest BCUT2D eigenvalue weighted by molar-refractivity contribution is 8.02. The third-order valence-corrected chi connectivity index (χ3v) is 8.97. The topological polar surface area (TPSA) is 79.4 Å². The Bertz CT molecular complexity index is 1610. The van der Waals surface area contributed by atoms with E-state index < -0.39 is 0 Å². The fourth-order valence-electron chi connectivity index (χ4n) is 5.82. The molecule has 1 atom stereocenters. The van der Waals surface area contributed by atoms with Crippen LogP contribution in [0.15, 0.2) is 78.2 Å². The van der Waals surface area contributed by atoms with Crippen molar-refractivity contribution in [3.05, 3.63) is 89.4 Å². The lowest BCUT2D eigenvalue weighted by molar-refractivity contribution is 0.503. The van der Waals surface area contributed by atoms with Crippen molar-refractivity contribution in [2.45, 2.75) is 51.2 Å². The number of H-pyrrole nitrogens is 1. The summed E-state index contributed by atoms with van der Waals surface area (Å²) in [5.41, 5.74) is 8.14. The molecule has 1 unspecified atom stereocenters. The Balaban J connectivity index is 1.32. The molecule has 4 aromatic heterocycles. The van der Waals surface area contributed by atoms with Gasteiger partial charge >= 0.3 is 0 Å². The van der Waals surface area contributed by atoms with E-state index in [1.54, 1.807) is 11.8 Å². The molecule has 0 amide bonds. The van der Waals surface area contributed by atoms with Crippen molar-refractivity contribution in [3.63, 3.8) is 0 Å². The molecule has 7 heteroatoms. The van der Waals surface area contributed by atoms with E-state index >= 15 is 0 Å². The zero-order valence-electron chi connectivity index (χ0n) is 23.2. The molecule has 1 aliphatic heterocycles. The Hall–Kier alpha value is -3.55. The summed E-state index contributed by atoms with van der Waals surface area (Å²) in [5, 5.41) is 7.14. The molecule has 0 spiro atoms. The molecular formula is C33H36N6S. The van der Waals surface area contributed by atoms with Crippen LogP contribution in [0.4, 0.5) is 0 Å². The molecular weight excluding hydrogens is 512 g/mol. The van der Waals surface area contributed by atoms with E-state index in [4.69, 9.17) is 15.0 Å². The van der Waals surface area contributed by atoms with E-state index in [9.17, 15) is 0 Å². The van der Waals surface area contributed by atoms with Crippen molar-refractivity contribution in [2.24, 2.45) is 5.92 Å². The minimum absolute atomic E-state index is 0.311. The Labute approximate surface area is 240 Å². The molecule has 1 saturated carbocycles. The molecule has 204 valence electrons. The first-order valence-corrected chi connectivity index (χ1v) is 15.3. The summed E-state index contributed by atoms with van der Waals surface area (Å²) in [7, 11) is 0. The number of fused-ring (bicyclic) bond motifs is 2. The molecule has 2 aliphatic rings. The molecule has 0 aromatic carbocycles. The summed E-state index contributed by atoms with van der Waals surface area (Å²) in [6, 6.07) is 6.22. The van der Waals surface area contributed by atoms with Crippen molar-refractivity contribution in [1.29, 1.82) is 0 Å². The summed E-state index contributed by atoms with van der Waals surface area (Å²) >= 11 is 1.81. The van der Waals surface area contributed by atoms with E-state index in [2.05, 4.69) is 71.0 Å². The molecule has 2 N–H and O–H groups in total. The van der Waals surface area contributed by atoms with E-state index in [0.29, 0.717) is 10.9 Å². The highest BCUT2D eigenvalue weighted by atomic mass is 32.2. The molecule has 0 saturated heterocycles. The predicted molar refractivity (Wildman–Crippen MR) is 168 cm³/mol. The highest BCUT2D eigenvalue weighted by Gasteiger charge is 2.21. The van der Waals surface area contributed by atoms with E-state index in [-0.39, 0.29) is 0 Å². The van der Waals surface area contributed by atoms with Crippen LogP contribution in [0.25, 0.3) is 39.0 Å². The van der Waals surface area contributed by atoms with Crippen LogP contribution in [0.2, 0.25) is 0 Å². The van der Waals surface area contributed by atoms with Crippen LogP contribution in [0.5, 0.6) is 0 Å². The number of nitrogens with one attached hydrogen (secondary N) is 2. The third-order valence-electron chi connectivity index (χ3n) is 7.88. The number of aromatic amines is 1. The van der Waals surface area contributed by atoms with Gasteiger partial charge in [0.2, 0.25) is 0 Å². The number of allylic oxidation sites excluding steroid dienone is 5. The van der Waals surface area contributed by atoms with Gasteiger partial charge in [-0.25, -0.2) is 15.0 Å². The normalized spacial score (nSPS) is 18.7. The number of hydrogen-bond acceptors (Lipinski definition) is 6. The molecule has 4 aromatic rings. The van der Waals surface area contributed by atoms with Crippen molar-refractivity contribution in [2.75, 3.05) is 13.1 Å². The quantitative estimate of drug-likeness (QED) is 0.207. The average Bonchev–Trinajstić information content (AvgIpc) is 3.77. The monoisotopic (exact) mass is 548 g/mol. The van der Waals surface area contributed by atoms with Crippen LogP contribution in [0.3, 0.4) is 0 Å². The first-order chi connectivity index (χ1) is 19.7. The third kappa shape index (κ3) is 5.67. The van der Waals surface area contributed by atoms with Crippen molar-refractivity contribution < 1.29 is 0 Å². The second kappa shape index (κ2) is 12.3. The van der Waals surface area contributed by atoms with Gasteiger partial charge in [-0.15, -0.1) is 11.8 Å². The fourth-order valence-corrected chi connectivity index (χ4v) is 6.75. The van der Waals surface area contributed by atoms with Crippen molar-refractivity contribution in [1.82, 2.24) is 30.2 Å². The first-order valence-electron chi connectivity index (χ1n) is 14.3. The molecule has 40 heavy (non-hydrogen) atoms. The lowest BCUT2D eigenvalue weighted by Gasteiger charge is -2.12. The Morgan fingerprint density at radius 3 is 2.80 bits per heavy atom. The van der Waals surface area contributed by atoms with Gasteiger partial charge in [-0.05, 0) is 80.3 Å². The lowest BCUT2D eigenvalue weighted by Crippen LogP contribution is -2.23. The number of imidazole rings is 1. The molecule has 5 heterocycles. The zero-order chi connectivity index (χ0) is 27.3. The fraction of sp³-hybridized carbons (Fsp3) is 0.333. The molecule has 1 aliphatic carbocycles. The number of pyridine rings is 3. The van der Waals surface area contributed by atoms with Gasteiger partial charge in [-0.1, -0.05) is 43.2 Å². The Kier molecular flexibility index (Phi) is 8.21. The Morgan fingerprint density at radius 1 is 1.12 bits per heavy atom. The summed E-state index contributed by atoms with van der Waals surface area (Å²) in [5.74, 6) is 1.64. The maximum absolute atomic E-state index is 5.05. The summed E-state index contributed by atoms with van der Waals surface area (Å²) in [4.78, 5) is 22.6. The van der Waals surface area contributed by atoms with E-state index in [1.807, 2.05) is 30.7 Å². The predicted octanol–water partition coefficient (Wildman–Crippen LogP) is 7.95. The molecule has 0 bridgehead atoms. The van der Waals surface area contributed by atoms with Crippen LogP contribution in [-0.4, -0.2) is 38.0 Å². The van der Waals surface area contributed by atoms with E-state index in [0.717, 1.165) is 70.1 Å². The smallest absolute Gasteiger partial charge is 0.159 e. The zero-order valence-corrected chi connectivity index (χ0v) is 24.0. The number of nitrogens with zero attached hydrogens (tertiary/aromatic N) is 4. The minimum Gasteiger partial charge on any atom is -0.338 e. The maximum Gasteiger partial charge on any atom is 0.159 e. The summed E-state index contributed by atoms with van der Waals surface area (Å²) in [6.07, 6.45) is 23.0. The van der Waals surface area contributed by atoms with Gasteiger partial charge in [0.25, 0.3) is 0 Å². The molecule has 0 radical (unpaired) electrons. The van der Waals surface area contributed by atoms with Gasteiger partial charge in [0.15, 0.2) is 5.65 Å². The van der Waals surface area contributed by atoms with Gasteiger partial charge in [-0.3, -0.25) is 4.98 Å². The van der Waals surface area contributed by atoms with Crippen LogP contribution in [0.1, 0.15) is 62.5 Å². The van der Waals surface area contributed by atoms with Gasteiger partial charge in [-0.2, -0.15) is 0 Å². The molecule has 6 rings (SSSR count). The molecule has 6 nitrogen and oxygen atoms in total. The summed E-state index contributed by atoms with van der Waals surface area (Å²) in [6.45, 7) is 6.11. The minimum atomic E-state index is 0.311.